The summed E-state index contributed by atoms with van der Waals surface area (Å²) in [6.07, 6.45) is 1.17. The van der Waals surface area contributed by atoms with E-state index in [-0.39, 0.29) is 5.54 Å². The minimum atomic E-state index is 0.178. The van der Waals surface area contributed by atoms with Gasteiger partial charge in [0.2, 0.25) is 0 Å². The minimum Gasteiger partial charge on any atom is -0.497 e. The highest BCUT2D eigenvalue weighted by Gasteiger charge is 2.34. The summed E-state index contributed by atoms with van der Waals surface area (Å²) in [5, 5.41) is 0. The third kappa shape index (κ3) is 4.27. The van der Waals surface area contributed by atoms with Crippen molar-refractivity contribution in [1.29, 1.82) is 0 Å². The molecule has 1 aromatic rings. The summed E-state index contributed by atoms with van der Waals surface area (Å²) in [6, 6.07) is 6.13. The van der Waals surface area contributed by atoms with Crippen molar-refractivity contribution in [2.24, 2.45) is 0 Å². The molecule has 0 unspecified atom stereocenters. The second-order valence-corrected chi connectivity index (χ2v) is 7.74. The zero-order chi connectivity index (χ0) is 17.9. The van der Waals surface area contributed by atoms with Crippen LogP contribution < -0.4 is 9.47 Å². The summed E-state index contributed by atoms with van der Waals surface area (Å²) in [4.78, 5) is 5.16. The van der Waals surface area contributed by atoms with Crippen LogP contribution in [0.4, 0.5) is 0 Å². The van der Waals surface area contributed by atoms with Crippen LogP contribution in [0, 0.1) is 0 Å². The van der Waals surface area contributed by atoms with Crippen LogP contribution in [0.3, 0.4) is 0 Å². The van der Waals surface area contributed by atoms with E-state index in [1.165, 1.54) is 12.0 Å². The molecule has 5 heteroatoms. The molecule has 2 aliphatic rings. The second kappa shape index (κ2) is 7.94. The molecule has 0 amide bonds. The Balaban J connectivity index is 1.65. The maximum Gasteiger partial charge on any atom is 0.122 e. The molecule has 1 atom stereocenters. The Morgan fingerprint density at radius 3 is 2.56 bits per heavy atom. The molecule has 2 heterocycles. The standard InChI is InChI=1S/C20H32N2O3/c1-20(2,22-9-11-25-12-10-22)15-21-8-7-16(14-21)18-13-17(23-3)5-6-19(18)24-4/h5-6,13,16H,7-12,14-15H2,1-4H3/t16-/m1/s1. The Kier molecular flexibility index (Phi) is 5.87. The van der Waals surface area contributed by atoms with Crippen molar-refractivity contribution >= 4 is 0 Å². The van der Waals surface area contributed by atoms with Crippen LogP contribution in [0.5, 0.6) is 11.5 Å². The van der Waals surface area contributed by atoms with E-state index in [4.69, 9.17) is 14.2 Å². The predicted molar refractivity (Wildman–Crippen MR) is 99.8 cm³/mol. The molecular formula is C20H32N2O3. The van der Waals surface area contributed by atoms with E-state index in [0.717, 1.165) is 57.4 Å². The van der Waals surface area contributed by atoms with Crippen LogP contribution >= 0.6 is 0 Å². The van der Waals surface area contributed by atoms with Gasteiger partial charge in [0.05, 0.1) is 27.4 Å². The van der Waals surface area contributed by atoms with Gasteiger partial charge in [-0.15, -0.1) is 0 Å². The number of morpholine rings is 1. The van der Waals surface area contributed by atoms with Crippen LogP contribution in [0.2, 0.25) is 0 Å². The lowest BCUT2D eigenvalue weighted by Gasteiger charge is -2.43. The van der Waals surface area contributed by atoms with Gasteiger partial charge in [-0.25, -0.2) is 0 Å². The third-order valence-electron chi connectivity index (χ3n) is 5.63. The van der Waals surface area contributed by atoms with E-state index in [1.54, 1.807) is 14.2 Å². The fourth-order valence-electron chi connectivity index (χ4n) is 4.20. The van der Waals surface area contributed by atoms with Crippen LogP contribution in [0.25, 0.3) is 0 Å². The number of ether oxygens (including phenoxy) is 3. The van der Waals surface area contributed by atoms with Gasteiger partial charge in [0.1, 0.15) is 11.5 Å². The van der Waals surface area contributed by atoms with Crippen molar-refractivity contribution in [1.82, 2.24) is 9.80 Å². The highest BCUT2D eigenvalue weighted by atomic mass is 16.5. The first-order chi connectivity index (χ1) is 12.0. The fourth-order valence-corrected chi connectivity index (χ4v) is 4.20. The maximum absolute atomic E-state index is 5.59. The van der Waals surface area contributed by atoms with Gasteiger partial charge in [-0.3, -0.25) is 4.90 Å². The van der Waals surface area contributed by atoms with E-state index in [0.29, 0.717) is 5.92 Å². The average molecular weight is 348 g/mol. The van der Waals surface area contributed by atoms with Gasteiger partial charge >= 0.3 is 0 Å². The molecule has 25 heavy (non-hydrogen) atoms. The maximum atomic E-state index is 5.59. The lowest BCUT2D eigenvalue weighted by atomic mass is 9.97. The monoisotopic (exact) mass is 348 g/mol. The Morgan fingerprint density at radius 1 is 1.12 bits per heavy atom. The zero-order valence-electron chi connectivity index (χ0n) is 16.1. The third-order valence-corrected chi connectivity index (χ3v) is 5.63. The van der Waals surface area contributed by atoms with Crippen LogP contribution in [0.15, 0.2) is 18.2 Å². The quantitative estimate of drug-likeness (QED) is 0.789. The van der Waals surface area contributed by atoms with Gasteiger partial charge in [-0.05, 0) is 45.0 Å². The lowest BCUT2D eigenvalue weighted by molar-refractivity contribution is -0.0197. The molecule has 140 valence electrons. The largest absolute Gasteiger partial charge is 0.497 e. The number of benzene rings is 1. The molecule has 1 aromatic carbocycles. The van der Waals surface area contributed by atoms with Crippen LogP contribution in [-0.2, 0) is 4.74 Å². The summed E-state index contributed by atoms with van der Waals surface area (Å²) in [5.41, 5.74) is 1.45. The van der Waals surface area contributed by atoms with E-state index >= 15 is 0 Å². The molecule has 0 bridgehead atoms. The topological polar surface area (TPSA) is 34.2 Å². The summed E-state index contributed by atoms with van der Waals surface area (Å²) >= 11 is 0. The molecule has 3 rings (SSSR count). The highest BCUT2D eigenvalue weighted by molar-refractivity contribution is 5.43. The molecule has 0 aliphatic carbocycles. The molecule has 5 nitrogen and oxygen atoms in total. The molecule has 0 saturated carbocycles. The van der Waals surface area contributed by atoms with Gasteiger partial charge in [0, 0.05) is 43.2 Å². The Hall–Kier alpha value is -1.30. The molecule has 2 saturated heterocycles. The zero-order valence-corrected chi connectivity index (χ0v) is 16.1. The van der Waals surface area contributed by atoms with Crippen molar-refractivity contribution in [3.63, 3.8) is 0 Å². The SMILES string of the molecule is COc1ccc(OC)c([C@@H]2CCN(CC(C)(C)N3CCOCC3)C2)c1. The van der Waals surface area contributed by atoms with Gasteiger partial charge in [-0.1, -0.05) is 0 Å². The van der Waals surface area contributed by atoms with Crippen LogP contribution in [-0.4, -0.2) is 75.5 Å². The Bertz CT molecular complexity index is 570. The van der Waals surface area contributed by atoms with Crippen molar-refractivity contribution in [3.8, 4) is 11.5 Å². The number of likely N-dealkylation sites (tertiary alicyclic amines) is 1. The van der Waals surface area contributed by atoms with E-state index in [1.807, 2.05) is 12.1 Å². The number of nitrogens with zero attached hydrogens (tertiary/aromatic N) is 2. The molecule has 2 fully saturated rings. The molecule has 0 spiro atoms. The lowest BCUT2D eigenvalue weighted by Crippen LogP contribution is -2.55. The summed E-state index contributed by atoms with van der Waals surface area (Å²) < 4.78 is 16.5. The molecule has 2 aliphatic heterocycles. The predicted octanol–water partition coefficient (Wildman–Crippen LogP) is 2.60. The first-order valence-corrected chi connectivity index (χ1v) is 9.30. The molecule has 0 aromatic heterocycles. The van der Waals surface area contributed by atoms with E-state index in [2.05, 4.69) is 29.7 Å². The van der Waals surface area contributed by atoms with Gasteiger partial charge in [0.25, 0.3) is 0 Å². The van der Waals surface area contributed by atoms with Crippen molar-refractivity contribution in [2.45, 2.75) is 31.7 Å². The second-order valence-electron chi connectivity index (χ2n) is 7.74. The number of hydrogen-bond donors (Lipinski definition) is 0. The Labute approximate surface area is 151 Å². The van der Waals surface area contributed by atoms with Crippen molar-refractivity contribution in [3.05, 3.63) is 23.8 Å². The summed E-state index contributed by atoms with van der Waals surface area (Å²) in [6.45, 7) is 11.8. The first-order valence-electron chi connectivity index (χ1n) is 9.30. The Morgan fingerprint density at radius 2 is 1.88 bits per heavy atom. The first kappa shape index (κ1) is 18.5. The summed E-state index contributed by atoms with van der Waals surface area (Å²) in [7, 11) is 3.47. The normalized spacial score (nSPS) is 23.0. The molecule has 0 N–H and O–H groups in total. The van der Waals surface area contributed by atoms with E-state index < -0.39 is 0 Å². The molecule has 0 radical (unpaired) electrons. The number of hydrogen-bond acceptors (Lipinski definition) is 5. The van der Waals surface area contributed by atoms with E-state index in [9.17, 15) is 0 Å². The molecular weight excluding hydrogens is 316 g/mol. The van der Waals surface area contributed by atoms with Gasteiger partial charge in [-0.2, -0.15) is 0 Å². The van der Waals surface area contributed by atoms with Crippen molar-refractivity contribution in [2.75, 3.05) is 60.2 Å². The van der Waals surface area contributed by atoms with Crippen molar-refractivity contribution < 1.29 is 14.2 Å². The highest BCUT2D eigenvalue weighted by Crippen LogP contribution is 2.36. The average Bonchev–Trinajstić information content (AvgIpc) is 3.09. The fraction of sp³-hybridized carbons (Fsp3) is 0.700. The number of methoxy groups -OCH3 is 2. The van der Waals surface area contributed by atoms with Gasteiger partial charge < -0.3 is 19.1 Å². The summed E-state index contributed by atoms with van der Waals surface area (Å²) in [5.74, 6) is 2.38. The van der Waals surface area contributed by atoms with Crippen LogP contribution in [0.1, 0.15) is 31.7 Å². The smallest absolute Gasteiger partial charge is 0.122 e. The minimum absolute atomic E-state index is 0.178. The van der Waals surface area contributed by atoms with Gasteiger partial charge in [0.15, 0.2) is 0 Å². The number of rotatable bonds is 6.